The fourth-order valence-electron chi connectivity index (χ4n) is 5.75. The lowest BCUT2D eigenvalue weighted by atomic mass is 9.63. The highest BCUT2D eigenvalue weighted by molar-refractivity contribution is 5.80. The van der Waals surface area contributed by atoms with E-state index in [2.05, 4.69) is 38.7 Å². The molecule has 1 amide bonds. The van der Waals surface area contributed by atoms with Gasteiger partial charge in [0.25, 0.3) is 5.91 Å². The number of allylic oxidation sites excluding steroid dienone is 4. The van der Waals surface area contributed by atoms with Crippen LogP contribution in [0.4, 0.5) is 0 Å². The molecule has 172 valence electrons. The van der Waals surface area contributed by atoms with E-state index >= 15 is 0 Å². The molecule has 0 radical (unpaired) electrons. The van der Waals surface area contributed by atoms with Crippen LogP contribution in [-0.4, -0.2) is 59.5 Å². The zero-order valence-electron chi connectivity index (χ0n) is 19.7. The molecule has 3 aliphatic rings. The van der Waals surface area contributed by atoms with Gasteiger partial charge in [-0.25, -0.2) is 0 Å². The summed E-state index contributed by atoms with van der Waals surface area (Å²) in [6, 6.07) is 0. The number of nitrogens with zero attached hydrogens (tertiary/aromatic N) is 1. The van der Waals surface area contributed by atoms with Crippen LogP contribution in [0.15, 0.2) is 47.1 Å². The molecule has 5 nitrogen and oxygen atoms in total. The second-order valence-electron chi connectivity index (χ2n) is 9.94. The molecule has 2 N–H and O–H groups in total. The minimum absolute atomic E-state index is 0.0138. The molecule has 0 saturated heterocycles. The molecule has 5 heteroatoms. The summed E-state index contributed by atoms with van der Waals surface area (Å²) in [5.74, 6) is 0.408. The molecule has 0 aliphatic heterocycles. The van der Waals surface area contributed by atoms with Crippen LogP contribution in [-0.2, 0) is 9.53 Å². The lowest BCUT2D eigenvalue weighted by Gasteiger charge is -2.42. The van der Waals surface area contributed by atoms with Crippen LogP contribution >= 0.6 is 0 Å². The highest BCUT2D eigenvalue weighted by Gasteiger charge is 2.46. The van der Waals surface area contributed by atoms with Gasteiger partial charge in [-0.15, -0.1) is 0 Å². The summed E-state index contributed by atoms with van der Waals surface area (Å²) >= 11 is 0. The Kier molecular flexibility index (Phi) is 7.29. The van der Waals surface area contributed by atoms with Crippen molar-refractivity contribution in [2.75, 3.05) is 14.1 Å². The fourth-order valence-corrected chi connectivity index (χ4v) is 5.75. The van der Waals surface area contributed by atoms with Gasteiger partial charge in [-0.05, 0) is 74.0 Å². The van der Waals surface area contributed by atoms with E-state index in [1.807, 2.05) is 6.92 Å². The Balaban J connectivity index is 1.76. The van der Waals surface area contributed by atoms with Crippen LogP contribution in [0.2, 0.25) is 0 Å². The molecule has 0 aromatic rings. The van der Waals surface area contributed by atoms with Gasteiger partial charge in [-0.3, -0.25) is 4.79 Å². The minimum atomic E-state index is -0.658. The maximum absolute atomic E-state index is 12.2. The largest absolute Gasteiger partial charge is 0.393 e. The number of ether oxygens (including phenoxy) is 1. The molecule has 0 bridgehead atoms. The molecule has 31 heavy (non-hydrogen) atoms. The van der Waals surface area contributed by atoms with Crippen LogP contribution in [0, 0.1) is 11.3 Å². The van der Waals surface area contributed by atoms with Gasteiger partial charge in [0.05, 0.1) is 18.3 Å². The Bertz CT molecular complexity index is 808. The number of hydrogen-bond acceptors (Lipinski definition) is 4. The molecule has 1 unspecified atom stereocenters. The van der Waals surface area contributed by atoms with E-state index < -0.39 is 18.3 Å². The number of fused-ring (bicyclic) bond motifs is 1. The summed E-state index contributed by atoms with van der Waals surface area (Å²) < 4.78 is 6.14. The summed E-state index contributed by atoms with van der Waals surface area (Å²) in [7, 11) is 3.51. The van der Waals surface area contributed by atoms with E-state index in [-0.39, 0.29) is 17.4 Å². The van der Waals surface area contributed by atoms with Crippen molar-refractivity contribution in [3.05, 3.63) is 47.1 Å². The van der Waals surface area contributed by atoms with Crippen molar-refractivity contribution in [1.29, 1.82) is 0 Å². The minimum Gasteiger partial charge on any atom is -0.393 e. The van der Waals surface area contributed by atoms with Crippen LogP contribution < -0.4 is 0 Å². The van der Waals surface area contributed by atoms with Crippen molar-refractivity contribution in [2.45, 2.75) is 83.7 Å². The van der Waals surface area contributed by atoms with E-state index in [0.29, 0.717) is 18.8 Å². The fraction of sp³-hybridized carbons (Fsp3) is 0.654. The molecule has 2 saturated carbocycles. The third-order valence-corrected chi connectivity index (χ3v) is 7.51. The molecule has 0 spiro atoms. The average Bonchev–Trinajstić information content (AvgIpc) is 3.06. The normalized spacial score (nSPS) is 35.6. The molecule has 3 aliphatic carbocycles. The van der Waals surface area contributed by atoms with Crippen molar-refractivity contribution < 1.29 is 19.7 Å². The van der Waals surface area contributed by atoms with E-state index in [1.54, 1.807) is 19.0 Å². The number of rotatable bonds is 5. The number of carbonyl (C=O) groups is 1. The van der Waals surface area contributed by atoms with Crippen molar-refractivity contribution in [2.24, 2.45) is 11.3 Å². The van der Waals surface area contributed by atoms with Gasteiger partial charge in [0, 0.05) is 20.5 Å². The second-order valence-corrected chi connectivity index (χ2v) is 9.94. The zero-order valence-corrected chi connectivity index (χ0v) is 19.7. The number of likely N-dealkylation sites (N-methyl/N-ethyl adjacent to an activating group) is 1. The maximum atomic E-state index is 12.2. The molecule has 0 aromatic heterocycles. The third kappa shape index (κ3) is 4.89. The second kappa shape index (κ2) is 9.43. The molecular weight excluding hydrogens is 390 g/mol. The van der Waals surface area contributed by atoms with Crippen LogP contribution in [0.5, 0.6) is 0 Å². The first kappa shape index (κ1) is 24.0. The SMILES string of the molecule is C=C1/C(=C\C=C2/CCC[C@]3(C)C(C(C)O[C@@H](C)C(=O)N(C)C)=CC[C@@H]23)C[C@@H](O)C[C@@H]1O. The third-order valence-electron chi connectivity index (χ3n) is 7.51. The first-order valence-corrected chi connectivity index (χ1v) is 11.6. The van der Waals surface area contributed by atoms with Crippen molar-refractivity contribution in [3.63, 3.8) is 0 Å². The quantitative estimate of drug-likeness (QED) is 0.650. The van der Waals surface area contributed by atoms with Gasteiger partial charge in [0.2, 0.25) is 0 Å². The number of aliphatic hydroxyl groups is 2. The number of aliphatic hydroxyl groups excluding tert-OH is 2. The van der Waals surface area contributed by atoms with Crippen molar-refractivity contribution in [3.8, 4) is 0 Å². The Hall–Kier alpha value is -1.69. The van der Waals surface area contributed by atoms with Crippen LogP contribution in [0.1, 0.15) is 59.3 Å². The number of hydrogen-bond donors (Lipinski definition) is 2. The van der Waals surface area contributed by atoms with Crippen LogP contribution in [0.25, 0.3) is 0 Å². The molecule has 0 aromatic carbocycles. The lowest BCUT2D eigenvalue weighted by Crippen LogP contribution is -2.39. The first-order chi connectivity index (χ1) is 14.5. The lowest BCUT2D eigenvalue weighted by molar-refractivity contribution is -0.142. The van der Waals surface area contributed by atoms with Gasteiger partial charge in [-0.2, -0.15) is 0 Å². The summed E-state index contributed by atoms with van der Waals surface area (Å²) in [5, 5.41) is 20.1. The molecular formula is C26H39NO4. The van der Waals surface area contributed by atoms with Gasteiger partial charge in [-0.1, -0.05) is 37.3 Å². The van der Waals surface area contributed by atoms with Gasteiger partial charge >= 0.3 is 0 Å². The first-order valence-electron chi connectivity index (χ1n) is 11.6. The van der Waals surface area contributed by atoms with Crippen LogP contribution in [0.3, 0.4) is 0 Å². The highest BCUT2D eigenvalue weighted by Crippen LogP contribution is 2.55. The van der Waals surface area contributed by atoms with Gasteiger partial charge in [0.15, 0.2) is 0 Å². The summed E-state index contributed by atoms with van der Waals surface area (Å²) in [6.07, 6.45) is 10.0. The summed E-state index contributed by atoms with van der Waals surface area (Å²) in [5.41, 5.74) is 4.44. The van der Waals surface area contributed by atoms with E-state index in [1.165, 1.54) is 11.1 Å². The Morgan fingerprint density at radius 1 is 1.32 bits per heavy atom. The predicted octanol–water partition coefficient (Wildman–Crippen LogP) is 3.93. The molecule has 3 rings (SSSR count). The van der Waals surface area contributed by atoms with Crippen molar-refractivity contribution in [1.82, 2.24) is 4.90 Å². The topological polar surface area (TPSA) is 70.0 Å². The monoisotopic (exact) mass is 429 g/mol. The Morgan fingerprint density at radius 3 is 2.71 bits per heavy atom. The summed E-state index contributed by atoms with van der Waals surface area (Å²) in [4.78, 5) is 13.8. The highest BCUT2D eigenvalue weighted by atomic mass is 16.5. The van der Waals surface area contributed by atoms with Gasteiger partial charge < -0.3 is 19.8 Å². The standard InChI is InChI=1S/C26H39NO4/c1-16-20(14-21(28)15-24(16)29)10-9-19-8-7-13-26(4)22(11-12-23(19)26)17(2)31-18(3)25(30)27(5)6/h9-11,17-18,21,23-24,28-29H,1,7-8,12-15H2,2-6H3/b19-9+,20-10-/t17?,18-,21+,23-,24-,26+/m0/s1. The van der Waals surface area contributed by atoms with E-state index in [0.717, 1.165) is 36.8 Å². The van der Waals surface area contributed by atoms with E-state index in [4.69, 9.17) is 4.74 Å². The Morgan fingerprint density at radius 2 is 2.03 bits per heavy atom. The number of carbonyl (C=O) groups excluding carboxylic acids is 1. The smallest absolute Gasteiger partial charge is 0.250 e. The van der Waals surface area contributed by atoms with Gasteiger partial charge in [0.1, 0.15) is 6.10 Å². The van der Waals surface area contributed by atoms with Crippen molar-refractivity contribution >= 4 is 5.91 Å². The predicted molar refractivity (Wildman–Crippen MR) is 123 cm³/mol. The average molecular weight is 430 g/mol. The zero-order chi connectivity index (χ0) is 22.9. The Labute approximate surface area is 187 Å². The van der Waals surface area contributed by atoms with E-state index in [9.17, 15) is 15.0 Å². The molecule has 6 atom stereocenters. The molecule has 0 heterocycles. The maximum Gasteiger partial charge on any atom is 0.250 e. The summed E-state index contributed by atoms with van der Waals surface area (Å²) in [6.45, 7) is 10.3. The molecule has 2 fully saturated rings. The number of amides is 1.